The zero-order chi connectivity index (χ0) is 22.5. The molecule has 2 aromatic heterocycles. The van der Waals surface area contributed by atoms with Gasteiger partial charge in [0.1, 0.15) is 0 Å². The van der Waals surface area contributed by atoms with Crippen molar-refractivity contribution in [2.45, 2.75) is 32.7 Å². The fourth-order valence-corrected chi connectivity index (χ4v) is 3.80. The van der Waals surface area contributed by atoms with E-state index in [0.717, 1.165) is 11.0 Å². The van der Waals surface area contributed by atoms with Crippen LogP contribution in [0.5, 0.6) is 0 Å². The average molecular weight is 434 g/mol. The average Bonchev–Trinajstić information content (AvgIpc) is 3.19. The first-order chi connectivity index (χ1) is 14.8. The Balaban J connectivity index is 1.50. The smallest absolute Gasteiger partial charge is 0.332 e. The van der Waals surface area contributed by atoms with E-state index in [-0.39, 0.29) is 17.4 Å². The van der Waals surface area contributed by atoms with Gasteiger partial charge in [-0.05, 0) is 12.8 Å². The molecule has 0 aromatic carbocycles. The van der Waals surface area contributed by atoms with Gasteiger partial charge in [0.05, 0.1) is 12.9 Å². The van der Waals surface area contributed by atoms with Crippen molar-refractivity contribution < 1.29 is 9.59 Å². The highest BCUT2D eigenvalue weighted by atomic mass is 16.2. The van der Waals surface area contributed by atoms with Gasteiger partial charge in [-0.3, -0.25) is 28.4 Å². The first-order valence-corrected chi connectivity index (χ1v) is 10.7. The molecule has 170 valence electrons. The molecule has 3 rings (SSSR count). The first-order valence-electron chi connectivity index (χ1n) is 10.7. The minimum atomic E-state index is -0.417. The first kappa shape index (κ1) is 22.7. The van der Waals surface area contributed by atoms with Crippen LogP contribution in [0.1, 0.15) is 26.2 Å². The molecule has 0 atom stereocenters. The van der Waals surface area contributed by atoms with Gasteiger partial charge in [0.2, 0.25) is 11.8 Å². The summed E-state index contributed by atoms with van der Waals surface area (Å²) in [6.07, 6.45) is 3.38. The Hall–Kier alpha value is -2.95. The van der Waals surface area contributed by atoms with E-state index in [1.807, 2.05) is 11.8 Å². The number of imidazole rings is 1. The highest BCUT2D eigenvalue weighted by molar-refractivity contribution is 5.78. The van der Waals surface area contributed by atoms with E-state index in [1.54, 1.807) is 17.9 Å². The summed E-state index contributed by atoms with van der Waals surface area (Å²) in [7, 11) is 3.02. The summed E-state index contributed by atoms with van der Waals surface area (Å²) in [5, 5.41) is 2.87. The van der Waals surface area contributed by atoms with Crippen LogP contribution in [0.2, 0.25) is 0 Å². The number of nitrogens with zero attached hydrogens (tertiary/aromatic N) is 6. The van der Waals surface area contributed by atoms with Crippen molar-refractivity contribution in [3.05, 3.63) is 27.2 Å². The molecular weight excluding hydrogens is 402 g/mol. The van der Waals surface area contributed by atoms with Crippen molar-refractivity contribution in [3.8, 4) is 0 Å². The van der Waals surface area contributed by atoms with Crippen molar-refractivity contribution in [2.75, 3.05) is 39.3 Å². The molecule has 0 spiro atoms. The molecule has 3 heterocycles. The standard InChI is InChI=1S/C20H31N7O4/c1-4-7-21-15(28)13-25-9-11-26(12-10-25)16(29)6-5-8-27-14-22-18-17(27)19(30)24(3)20(31)23(18)2/h14H,4-13H2,1-3H3,(H,21,28). The van der Waals surface area contributed by atoms with E-state index in [1.165, 1.54) is 11.6 Å². The highest BCUT2D eigenvalue weighted by Crippen LogP contribution is 2.09. The van der Waals surface area contributed by atoms with Gasteiger partial charge < -0.3 is 14.8 Å². The predicted molar refractivity (Wildman–Crippen MR) is 116 cm³/mol. The molecule has 0 saturated carbocycles. The number of piperazine rings is 1. The fourth-order valence-electron chi connectivity index (χ4n) is 3.80. The summed E-state index contributed by atoms with van der Waals surface area (Å²) < 4.78 is 4.12. The van der Waals surface area contributed by atoms with Gasteiger partial charge in [-0.1, -0.05) is 6.92 Å². The number of carbonyl (C=O) groups is 2. The van der Waals surface area contributed by atoms with Crippen LogP contribution in [0.15, 0.2) is 15.9 Å². The number of aromatic nitrogens is 4. The Morgan fingerprint density at radius 3 is 2.48 bits per heavy atom. The molecule has 2 amide bonds. The van der Waals surface area contributed by atoms with Crippen LogP contribution in [0.4, 0.5) is 0 Å². The minimum absolute atomic E-state index is 0.0258. The summed E-state index contributed by atoms with van der Waals surface area (Å²) in [5.74, 6) is 0.0950. The number of amides is 2. The molecule has 11 nitrogen and oxygen atoms in total. The van der Waals surface area contributed by atoms with Crippen molar-refractivity contribution in [2.24, 2.45) is 14.1 Å². The molecule has 1 aliphatic heterocycles. The number of fused-ring (bicyclic) bond motifs is 1. The third-order valence-corrected chi connectivity index (χ3v) is 5.67. The lowest BCUT2D eigenvalue weighted by Crippen LogP contribution is -2.51. The lowest BCUT2D eigenvalue weighted by Gasteiger charge is -2.34. The maximum Gasteiger partial charge on any atom is 0.332 e. The lowest BCUT2D eigenvalue weighted by atomic mass is 10.2. The Labute approximate surface area is 180 Å². The number of carbonyl (C=O) groups excluding carboxylic acids is 2. The molecule has 0 radical (unpaired) electrons. The molecule has 1 saturated heterocycles. The summed E-state index contributed by atoms with van der Waals surface area (Å²) in [4.78, 5) is 57.0. The number of hydrogen-bond acceptors (Lipinski definition) is 6. The largest absolute Gasteiger partial charge is 0.355 e. The second-order valence-corrected chi connectivity index (χ2v) is 7.93. The summed E-state index contributed by atoms with van der Waals surface area (Å²) in [5.41, 5.74) is -0.0912. The van der Waals surface area contributed by atoms with Crippen molar-refractivity contribution in [1.82, 2.24) is 33.8 Å². The van der Waals surface area contributed by atoms with Gasteiger partial charge in [-0.2, -0.15) is 0 Å². The van der Waals surface area contributed by atoms with Crippen LogP contribution in [0, 0.1) is 0 Å². The summed E-state index contributed by atoms with van der Waals surface area (Å²) >= 11 is 0. The fraction of sp³-hybridized carbons (Fsp3) is 0.650. The molecule has 0 bridgehead atoms. The maximum atomic E-state index is 12.6. The van der Waals surface area contributed by atoms with Crippen LogP contribution in [-0.4, -0.2) is 79.6 Å². The monoisotopic (exact) mass is 433 g/mol. The molecule has 11 heteroatoms. The van der Waals surface area contributed by atoms with Gasteiger partial charge >= 0.3 is 5.69 Å². The maximum absolute atomic E-state index is 12.6. The van der Waals surface area contributed by atoms with Gasteiger partial charge in [0.25, 0.3) is 5.56 Å². The molecule has 0 aliphatic carbocycles. The van der Waals surface area contributed by atoms with Gasteiger partial charge in [-0.25, -0.2) is 9.78 Å². The van der Waals surface area contributed by atoms with Crippen molar-refractivity contribution in [3.63, 3.8) is 0 Å². The van der Waals surface area contributed by atoms with E-state index in [9.17, 15) is 19.2 Å². The van der Waals surface area contributed by atoms with Crippen LogP contribution in [0.25, 0.3) is 11.2 Å². The molecule has 1 N–H and O–H groups in total. The Bertz CT molecular complexity index is 1060. The van der Waals surface area contributed by atoms with Crippen LogP contribution in [0.3, 0.4) is 0 Å². The third-order valence-electron chi connectivity index (χ3n) is 5.67. The number of hydrogen-bond donors (Lipinski definition) is 1. The molecule has 0 unspecified atom stereocenters. The SMILES string of the molecule is CCCNC(=O)CN1CCN(C(=O)CCCn2cnc3c2c(=O)n(C)c(=O)n3C)CC1. The molecule has 31 heavy (non-hydrogen) atoms. The van der Waals surface area contributed by atoms with Crippen LogP contribution >= 0.6 is 0 Å². The predicted octanol–water partition coefficient (Wildman–Crippen LogP) is -1.12. The number of rotatable bonds is 8. The van der Waals surface area contributed by atoms with E-state index in [0.29, 0.717) is 69.8 Å². The van der Waals surface area contributed by atoms with Gasteiger partial charge in [-0.15, -0.1) is 0 Å². The third kappa shape index (κ3) is 5.04. The topological polar surface area (TPSA) is 114 Å². The van der Waals surface area contributed by atoms with E-state index >= 15 is 0 Å². The van der Waals surface area contributed by atoms with E-state index in [2.05, 4.69) is 15.2 Å². The second-order valence-electron chi connectivity index (χ2n) is 7.93. The van der Waals surface area contributed by atoms with E-state index < -0.39 is 5.69 Å². The zero-order valence-electron chi connectivity index (χ0n) is 18.5. The molecular formula is C20H31N7O4. The van der Waals surface area contributed by atoms with Crippen LogP contribution < -0.4 is 16.6 Å². The second kappa shape index (κ2) is 9.90. The Morgan fingerprint density at radius 2 is 1.81 bits per heavy atom. The highest BCUT2D eigenvalue weighted by Gasteiger charge is 2.22. The zero-order valence-corrected chi connectivity index (χ0v) is 18.5. The lowest BCUT2D eigenvalue weighted by molar-refractivity contribution is -0.133. The van der Waals surface area contributed by atoms with Gasteiger partial charge in [0.15, 0.2) is 11.2 Å². The quantitative estimate of drug-likeness (QED) is 0.564. The Morgan fingerprint density at radius 1 is 1.10 bits per heavy atom. The summed E-state index contributed by atoms with van der Waals surface area (Å²) in [6.45, 7) is 6.12. The minimum Gasteiger partial charge on any atom is -0.355 e. The molecule has 1 fully saturated rings. The Kier molecular flexibility index (Phi) is 7.26. The number of aryl methyl sites for hydroxylation is 2. The van der Waals surface area contributed by atoms with Gasteiger partial charge in [0, 0.05) is 59.8 Å². The molecule has 1 aliphatic rings. The van der Waals surface area contributed by atoms with Crippen LogP contribution in [-0.2, 0) is 30.2 Å². The molecule has 2 aromatic rings. The van der Waals surface area contributed by atoms with Crippen molar-refractivity contribution in [1.29, 1.82) is 0 Å². The number of nitrogens with one attached hydrogen (secondary N) is 1. The normalized spacial score (nSPS) is 14.9. The van der Waals surface area contributed by atoms with Crippen molar-refractivity contribution >= 4 is 23.0 Å². The summed E-state index contributed by atoms with van der Waals surface area (Å²) in [6, 6.07) is 0. The van der Waals surface area contributed by atoms with E-state index in [4.69, 9.17) is 0 Å².